The number of thiophene rings is 1. The van der Waals surface area contributed by atoms with Gasteiger partial charge < -0.3 is 15.0 Å². The predicted octanol–water partition coefficient (Wildman–Crippen LogP) is 5.10. The first kappa shape index (κ1) is 18.2. The normalized spacial score (nSPS) is 13.3. The third kappa shape index (κ3) is 3.52. The first-order chi connectivity index (χ1) is 13.1. The third-order valence-electron chi connectivity index (χ3n) is 4.67. The molecule has 0 radical (unpaired) electrons. The van der Waals surface area contributed by atoms with E-state index in [1.54, 1.807) is 0 Å². The smallest absolute Gasteiger partial charge is 0.349 e. The van der Waals surface area contributed by atoms with Crippen molar-refractivity contribution in [1.29, 1.82) is 0 Å². The van der Waals surface area contributed by atoms with Crippen LogP contribution in [0.25, 0.3) is 10.1 Å². The maximum absolute atomic E-state index is 11.8. The largest absolute Gasteiger partial charge is 0.465 e. The van der Waals surface area contributed by atoms with Crippen LogP contribution in [0.1, 0.15) is 20.8 Å². The SMILES string of the molecule is COC(=O)c1sc2cc(NC(=S)N3CCc4ccccc4C3)ccc2c1Cl. The van der Waals surface area contributed by atoms with Crippen molar-refractivity contribution < 1.29 is 9.53 Å². The van der Waals surface area contributed by atoms with Gasteiger partial charge in [0, 0.05) is 28.9 Å². The van der Waals surface area contributed by atoms with Gasteiger partial charge in [-0.15, -0.1) is 11.3 Å². The van der Waals surface area contributed by atoms with Crippen molar-refractivity contribution in [2.75, 3.05) is 19.0 Å². The van der Waals surface area contributed by atoms with E-state index < -0.39 is 5.97 Å². The number of halogens is 1. The summed E-state index contributed by atoms with van der Waals surface area (Å²) >= 11 is 13.3. The van der Waals surface area contributed by atoms with Crippen LogP contribution < -0.4 is 5.32 Å². The zero-order chi connectivity index (χ0) is 19.0. The summed E-state index contributed by atoms with van der Waals surface area (Å²) in [6.45, 7) is 1.70. The number of benzene rings is 2. The molecular weight excluding hydrogens is 400 g/mol. The molecule has 2 aromatic carbocycles. The average Bonchev–Trinajstić information content (AvgIpc) is 3.03. The molecule has 0 unspecified atom stereocenters. The number of ether oxygens (including phenoxy) is 1. The van der Waals surface area contributed by atoms with Gasteiger partial charge in [-0.1, -0.05) is 35.9 Å². The Balaban J connectivity index is 1.53. The Morgan fingerprint density at radius 2 is 2.04 bits per heavy atom. The second-order valence-electron chi connectivity index (χ2n) is 6.32. The van der Waals surface area contributed by atoms with Crippen molar-refractivity contribution in [2.45, 2.75) is 13.0 Å². The molecule has 0 spiro atoms. The summed E-state index contributed by atoms with van der Waals surface area (Å²) in [5, 5.41) is 5.28. The number of carbonyl (C=O) groups excluding carboxylic acids is 1. The maximum atomic E-state index is 11.8. The summed E-state index contributed by atoms with van der Waals surface area (Å²) in [5.41, 5.74) is 3.58. The number of hydrogen-bond donors (Lipinski definition) is 1. The van der Waals surface area contributed by atoms with Crippen LogP contribution >= 0.6 is 35.2 Å². The van der Waals surface area contributed by atoms with Crippen LogP contribution in [-0.4, -0.2) is 29.6 Å². The Labute approximate surface area is 171 Å². The molecular formula is C20H17ClN2O2S2. The molecule has 0 bridgehead atoms. The van der Waals surface area contributed by atoms with Gasteiger partial charge in [0.2, 0.25) is 0 Å². The molecule has 1 aromatic heterocycles. The van der Waals surface area contributed by atoms with Crippen molar-refractivity contribution in [3.63, 3.8) is 0 Å². The van der Waals surface area contributed by atoms with Gasteiger partial charge in [0.05, 0.1) is 12.1 Å². The van der Waals surface area contributed by atoms with Gasteiger partial charge in [0.15, 0.2) is 5.11 Å². The fourth-order valence-electron chi connectivity index (χ4n) is 3.24. The van der Waals surface area contributed by atoms with Crippen LogP contribution in [0, 0.1) is 0 Å². The van der Waals surface area contributed by atoms with E-state index in [4.69, 9.17) is 28.6 Å². The Hall–Kier alpha value is -2.15. The van der Waals surface area contributed by atoms with Gasteiger partial charge in [-0.25, -0.2) is 4.79 Å². The zero-order valence-corrected chi connectivity index (χ0v) is 17.0. The number of esters is 1. The van der Waals surface area contributed by atoms with E-state index in [1.807, 2.05) is 18.2 Å². The number of nitrogens with zero attached hydrogens (tertiary/aromatic N) is 1. The number of hydrogen-bond acceptors (Lipinski definition) is 4. The van der Waals surface area contributed by atoms with Crippen LogP contribution in [0.15, 0.2) is 42.5 Å². The Bertz CT molecular complexity index is 1050. The molecule has 0 saturated heterocycles. The Kier molecular flexibility index (Phi) is 5.04. The topological polar surface area (TPSA) is 41.6 Å². The van der Waals surface area contributed by atoms with Gasteiger partial charge >= 0.3 is 5.97 Å². The highest BCUT2D eigenvalue weighted by Crippen LogP contribution is 2.37. The molecule has 0 aliphatic carbocycles. The van der Waals surface area contributed by atoms with E-state index in [0.29, 0.717) is 15.0 Å². The fourth-order valence-corrected chi connectivity index (χ4v) is 4.98. The molecule has 1 aliphatic heterocycles. The monoisotopic (exact) mass is 416 g/mol. The lowest BCUT2D eigenvalue weighted by molar-refractivity contribution is 0.0606. The van der Waals surface area contributed by atoms with Crippen molar-refractivity contribution >= 4 is 62.0 Å². The third-order valence-corrected chi connectivity index (χ3v) is 6.67. The van der Waals surface area contributed by atoms with E-state index >= 15 is 0 Å². The standard InChI is InChI=1S/C20H17ClN2O2S2/c1-25-19(24)18-17(21)15-7-6-14(10-16(15)27-18)22-20(26)23-9-8-12-4-2-3-5-13(12)11-23/h2-7,10H,8-9,11H2,1H3,(H,22,26). The van der Waals surface area contributed by atoms with Gasteiger partial charge in [-0.05, 0) is 48.0 Å². The van der Waals surface area contributed by atoms with E-state index in [9.17, 15) is 4.79 Å². The average molecular weight is 417 g/mol. The predicted molar refractivity (Wildman–Crippen MR) is 115 cm³/mol. The van der Waals surface area contributed by atoms with Gasteiger partial charge in [-0.3, -0.25) is 0 Å². The van der Waals surface area contributed by atoms with Gasteiger partial charge in [0.25, 0.3) is 0 Å². The zero-order valence-electron chi connectivity index (χ0n) is 14.6. The molecule has 2 heterocycles. The molecule has 0 amide bonds. The quantitative estimate of drug-likeness (QED) is 0.465. The van der Waals surface area contributed by atoms with Crippen LogP contribution in [-0.2, 0) is 17.7 Å². The maximum Gasteiger partial charge on any atom is 0.349 e. The number of nitrogens with one attached hydrogen (secondary N) is 1. The number of rotatable bonds is 2. The van der Waals surface area contributed by atoms with E-state index in [0.717, 1.165) is 35.3 Å². The van der Waals surface area contributed by atoms with Gasteiger partial charge in [-0.2, -0.15) is 0 Å². The minimum absolute atomic E-state index is 0.418. The molecule has 138 valence electrons. The second-order valence-corrected chi connectivity index (χ2v) is 8.13. The molecule has 27 heavy (non-hydrogen) atoms. The molecule has 3 aromatic rings. The molecule has 1 N–H and O–H groups in total. The number of anilines is 1. The van der Waals surface area contributed by atoms with Gasteiger partial charge in [0.1, 0.15) is 4.88 Å². The summed E-state index contributed by atoms with van der Waals surface area (Å²) in [4.78, 5) is 14.4. The molecule has 7 heteroatoms. The molecule has 0 fully saturated rings. The second kappa shape index (κ2) is 7.46. The van der Waals surface area contributed by atoms with Crippen molar-refractivity contribution in [3.05, 3.63) is 63.5 Å². The molecule has 0 atom stereocenters. The summed E-state index contributed by atoms with van der Waals surface area (Å²) in [6.07, 6.45) is 0.986. The van der Waals surface area contributed by atoms with Crippen molar-refractivity contribution in [2.24, 2.45) is 0 Å². The number of thiocarbonyl (C=S) groups is 1. The van der Waals surface area contributed by atoms with Crippen molar-refractivity contribution in [1.82, 2.24) is 4.90 Å². The first-order valence-corrected chi connectivity index (χ1v) is 10.1. The van der Waals surface area contributed by atoms with E-state index in [1.165, 1.54) is 29.6 Å². The number of fused-ring (bicyclic) bond motifs is 2. The number of methoxy groups -OCH3 is 1. The molecule has 4 nitrogen and oxygen atoms in total. The fraction of sp³-hybridized carbons (Fsp3) is 0.200. The number of carbonyl (C=O) groups is 1. The molecule has 4 rings (SSSR count). The lowest BCUT2D eigenvalue weighted by Gasteiger charge is -2.31. The summed E-state index contributed by atoms with van der Waals surface area (Å²) in [5.74, 6) is -0.418. The van der Waals surface area contributed by atoms with Crippen LogP contribution in [0.2, 0.25) is 5.02 Å². The van der Waals surface area contributed by atoms with Crippen LogP contribution in [0.3, 0.4) is 0 Å². The first-order valence-electron chi connectivity index (χ1n) is 8.50. The minimum Gasteiger partial charge on any atom is -0.465 e. The lowest BCUT2D eigenvalue weighted by Crippen LogP contribution is -2.38. The van der Waals surface area contributed by atoms with E-state index in [-0.39, 0.29) is 0 Å². The molecule has 0 saturated carbocycles. The minimum atomic E-state index is -0.418. The summed E-state index contributed by atoms with van der Waals surface area (Å²) in [6, 6.07) is 14.3. The summed E-state index contributed by atoms with van der Waals surface area (Å²) < 4.78 is 5.71. The van der Waals surface area contributed by atoms with E-state index in [2.05, 4.69) is 34.5 Å². The molecule has 1 aliphatic rings. The summed E-state index contributed by atoms with van der Waals surface area (Å²) in [7, 11) is 1.35. The lowest BCUT2D eigenvalue weighted by atomic mass is 10.0. The van der Waals surface area contributed by atoms with Crippen LogP contribution in [0.4, 0.5) is 5.69 Å². The van der Waals surface area contributed by atoms with Crippen molar-refractivity contribution in [3.8, 4) is 0 Å². The Morgan fingerprint density at radius 3 is 2.81 bits per heavy atom. The highest BCUT2D eigenvalue weighted by molar-refractivity contribution is 7.80. The Morgan fingerprint density at radius 1 is 1.26 bits per heavy atom. The highest BCUT2D eigenvalue weighted by Gasteiger charge is 2.20. The highest BCUT2D eigenvalue weighted by atomic mass is 35.5. The van der Waals surface area contributed by atoms with Crippen LogP contribution in [0.5, 0.6) is 0 Å².